The molecular weight excluding hydrogens is 278 g/mol. The Kier molecular flexibility index (Phi) is 3.48. The van der Waals surface area contributed by atoms with Crippen molar-refractivity contribution in [1.29, 1.82) is 0 Å². The molecule has 1 unspecified atom stereocenters. The van der Waals surface area contributed by atoms with E-state index in [9.17, 15) is 0 Å². The van der Waals surface area contributed by atoms with Gasteiger partial charge in [-0.15, -0.1) is 0 Å². The normalized spacial score (nSPS) is 27.2. The maximum atomic E-state index is 5.96. The first kappa shape index (κ1) is 13.4. The van der Waals surface area contributed by atoms with Gasteiger partial charge < -0.3 is 5.32 Å². The van der Waals surface area contributed by atoms with E-state index in [-0.39, 0.29) is 0 Å². The molecule has 1 saturated carbocycles. The van der Waals surface area contributed by atoms with Crippen molar-refractivity contribution in [2.45, 2.75) is 43.7 Å². The molecule has 0 bridgehead atoms. The van der Waals surface area contributed by atoms with Crippen molar-refractivity contribution in [1.82, 2.24) is 5.32 Å². The smallest absolute Gasteiger partial charge is 0.0406 e. The molecule has 2 aliphatic carbocycles. The number of rotatable bonds is 3. The van der Waals surface area contributed by atoms with Crippen LogP contribution in [-0.4, -0.2) is 6.04 Å². The molecule has 0 spiro atoms. The molecule has 1 atom stereocenters. The molecule has 0 amide bonds. The molecule has 1 nitrogen and oxygen atoms in total. The Bertz CT molecular complexity index is 628. The van der Waals surface area contributed by atoms with Crippen molar-refractivity contribution >= 4 is 11.6 Å². The summed E-state index contributed by atoms with van der Waals surface area (Å²) in [6.07, 6.45) is 4.98. The average Bonchev–Trinajstić information content (AvgIpc) is 2.87. The monoisotopic (exact) mass is 297 g/mol. The first-order valence-corrected chi connectivity index (χ1v) is 8.27. The molecule has 2 aromatic rings. The van der Waals surface area contributed by atoms with Gasteiger partial charge in [-0.1, -0.05) is 48.0 Å². The molecule has 2 aliphatic rings. The summed E-state index contributed by atoms with van der Waals surface area (Å²) < 4.78 is 0. The molecule has 108 valence electrons. The number of benzene rings is 2. The van der Waals surface area contributed by atoms with E-state index in [0.717, 1.165) is 5.02 Å². The second-order valence-electron chi connectivity index (χ2n) is 6.37. The number of fused-ring (bicyclic) bond motifs is 1. The van der Waals surface area contributed by atoms with Gasteiger partial charge in [0.15, 0.2) is 0 Å². The van der Waals surface area contributed by atoms with Gasteiger partial charge in [0.2, 0.25) is 0 Å². The summed E-state index contributed by atoms with van der Waals surface area (Å²) in [6.45, 7) is 0. The largest absolute Gasteiger partial charge is 0.307 e. The number of hydrogen-bond donors (Lipinski definition) is 1. The number of nitrogens with one attached hydrogen (secondary N) is 1. The lowest BCUT2D eigenvalue weighted by Gasteiger charge is -2.38. The van der Waals surface area contributed by atoms with Crippen LogP contribution in [-0.2, 0) is 6.42 Å². The van der Waals surface area contributed by atoms with E-state index in [4.69, 9.17) is 11.6 Å². The fraction of sp³-hybridized carbons (Fsp3) is 0.368. The second kappa shape index (κ2) is 5.47. The highest BCUT2D eigenvalue weighted by molar-refractivity contribution is 6.30. The molecule has 21 heavy (non-hydrogen) atoms. The van der Waals surface area contributed by atoms with Crippen LogP contribution in [0.15, 0.2) is 48.5 Å². The Morgan fingerprint density at radius 2 is 1.71 bits per heavy atom. The second-order valence-corrected chi connectivity index (χ2v) is 6.81. The van der Waals surface area contributed by atoms with Crippen molar-refractivity contribution in [2.24, 2.45) is 0 Å². The summed E-state index contributed by atoms with van der Waals surface area (Å²) in [4.78, 5) is 0. The number of halogens is 1. The van der Waals surface area contributed by atoms with Crippen LogP contribution < -0.4 is 5.32 Å². The third kappa shape index (κ3) is 2.61. The summed E-state index contributed by atoms with van der Waals surface area (Å²) in [7, 11) is 0. The lowest BCUT2D eigenvalue weighted by molar-refractivity contribution is 0.265. The van der Waals surface area contributed by atoms with Crippen LogP contribution in [0.5, 0.6) is 0 Å². The maximum absolute atomic E-state index is 5.96. The van der Waals surface area contributed by atoms with Crippen LogP contribution >= 0.6 is 11.6 Å². The van der Waals surface area contributed by atoms with Crippen molar-refractivity contribution in [2.75, 3.05) is 0 Å². The highest BCUT2D eigenvalue weighted by Crippen LogP contribution is 2.40. The molecule has 0 aromatic heterocycles. The minimum absolute atomic E-state index is 0.567. The van der Waals surface area contributed by atoms with Gasteiger partial charge >= 0.3 is 0 Å². The molecular formula is C19H20ClN. The van der Waals surface area contributed by atoms with Gasteiger partial charge in [-0.3, -0.25) is 0 Å². The van der Waals surface area contributed by atoms with E-state index in [0.29, 0.717) is 18.0 Å². The van der Waals surface area contributed by atoms with Crippen molar-refractivity contribution in [3.05, 3.63) is 70.2 Å². The summed E-state index contributed by atoms with van der Waals surface area (Å²) in [6, 6.07) is 18.5. The Labute approximate surface area is 131 Å². The summed E-state index contributed by atoms with van der Waals surface area (Å²) in [5.74, 6) is 0.705. The van der Waals surface area contributed by atoms with Crippen LogP contribution in [0.1, 0.15) is 47.9 Å². The first-order chi connectivity index (χ1) is 10.3. The zero-order chi connectivity index (χ0) is 14.2. The van der Waals surface area contributed by atoms with Gasteiger partial charge in [0.1, 0.15) is 0 Å². The van der Waals surface area contributed by atoms with E-state index in [1.54, 1.807) is 0 Å². The van der Waals surface area contributed by atoms with Crippen molar-refractivity contribution < 1.29 is 0 Å². The van der Waals surface area contributed by atoms with Crippen LogP contribution in [0.25, 0.3) is 0 Å². The predicted octanol–water partition coefficient (Wildman–Crippen LogP) is 4.86. The minimum Gasteiger partial charge on any atom is -0.307 e. The van der Waals surface area contributed by atoms with Gasteiger partial charge in [-0.25, -0.2) is 0 Å². The predicted molar refractivity (Wildman–Crippen MR) is 87.9 cm³/mol. The standard InChI is InChI=1S/C19H20ClN/c20-16-8-5-13(6-9-16)15-11-17(12-15)21-19-10-7-14-3-1-2-4-18(14)19/h1-6,8-9,15,17,19,21H,7,10-12H2. The van der Waals surface area contributed by atoms with E-state index in [2.05, 4.69) is 41.7 Å². The Morgan fingerprint density at radius 1 is 0.952 bits per heavy atom. The molecule has 2 aromatic carbocycles. The molecule has 0 radical (unpaired) electrons. The SMILES string of the molecule is Clc1ccc(C2CC(NC3CCc4ccccc43)C2)cc1. The van der Waals surface area contributed by atoms with E-state index in [1.807, 2.05) is 12.1 Å². The Balaban J connectivity index is 1.36. The first-order valence-electron chi connectivity index (χ1n) is 7.89. The van der Waals surface area contributed by atoms with E-state index < -0.39 is 0 Å². The summed E-state index contributed by atoms with van der Waals surface area (Å²) in [5, 5.41) is 4.69. The highest BCUT2D eigenvalue weighted by Gasteiger charge is 2.33. The highest BCUT2D eigenvalue weighted by atomic mass is 35.5. The molecule has 4 rings (SSSR count). The van der Waals surface area contributed by atoms with Gasteiger partial charge in [0, 0.05) is 17.1 Å². The third-order valence-corrected chi connectivity index (χ3v) is 5.30. The van der Waals surface area contributed by atoms with Crippen LogP contribution in [0.3, 0.4) is 0 Å². The average molecular weight is 298 g/mol. The van der Waals surface area contributed by atoms with Gasteiger partial charge in [0.05, 0.1) is 0 Å². The third-order valence-electron chi connectivity index (χ3n) is 5.05. The molecule has 0 saturated heterocycles. The zero-order valence-corrected chi connectivity index (χ0v) is 12.8. The molecule has 0 heterocycles. The Morgan fingerprint density at radius 3 is 2.52 bits per heavy atom. The van der Waals surface area contributed by atoms with Gasteiger partial charge in [-0.05, 0) is 60.4 Å². The Hall–Kier alpha value is -1.31. The van der Waals surface area contributed by atoms with Crippen LogP contribution in [0.4, 0.5) is 0 Å². The van der Waals surface area contributed by atoms with Gasteiger partial charge in [0.25, 0.3) is 0 Å². The number of hydrogen-bond acceptors (Lipinski definition) is 1. The molecule has 1 fully saturated rings. The fourth-order valence-corrected chi connectivity index (χ4v) is 3.90. The lowest BCUT2D eigenvalue weighted by atomic mass is 9.75. The summed E-state index contributed by atoms with van der Waals surface area (Å²) in [5.41, 5.74) is 4.49. The molecule has 1 N–H and O–H groups in total. The maximum Gasteiger partial charge on any atom is 0.0406 e. The fourth-order valence-electron chi connectivity index (χ4n) is 3.78. The van der Waals surface area contributed by atoms with Crippen LogP contribution in [0, 0.1) is 0 Å². The van der Waals surface area contributed by atoms with Crippen molar-refractivity contribution in [3.63, 3.8) is 0 Å². The van der Waals surface area contributed by atoms with Gasteiger partial charge in [-0.2, -0.15) is 0 Å². The quantitative estimate of drug-likeness (QED) is 0.853. The minimum atomic E-state index is 0.567. The van der Waals surface area contributed by atoms with Crippen LogP contribution in [0.2, 0.25) is 5.02 Å². The molecule has 0 aliphatic heterocycles. The van der Waals surface area contributed by atoms with E-state index >= 15 is 0 Å². The van der Waals surface area contributed by atoms with Crippen molar-refractivity contribution in [3.8, 4) is 0 Å². The molecule has 2 heteroatoms. The topological polar surface area (TPSA) is 12.0 Å². The zero-order valence-electron chi connectivity index (χ0n) is 12.1. The van der Waals surface area contributed by atoms with E-state index in [1.165, 1.54) is 42.4 Å². The number of aryl methyl sites for hydroxylation is 1. The lowest BCUT2D eigenvalue weighted by Crippen LogP contribution is -2.41. The summed E-state index contributed by atoms with van der Waals surface area (Å²) >= 11 is 5.96.